The van der Waals surface area contributed by atoms with E-state index in [1.54, 1.807) is 25.3 Å². The van der Waals surface area contributed by atoms with Gasteiger partial charge in [0.15, 0.2) is 6.29 Å². The molecule has 1 aliphatic heterocycles. The average Bonchev–Trinajstić information content (AvgIpc) is 3.19. The second-order valence-corrected chi connectivity index (χ2v) is 13.1. The van der Waals surface area contributed by atoms with Crippen LogP contribution in [0.1, 0.15) is 99.0 Å². The Kier molecular flexibility index (Phi) is 15.9. The van der Waals surface area contributed by atoms with Crippen LogP contribution in [0, 0.1) is 5.92 Å². The summed E-state index contributed by atoms with van der Waals surface area (Å²) >= 11 is 0. The van der Waals surface area contributed by atoms with Crippen molar-refractivity contribution in [2.75, 3.05) is 19.8 Å². The molecule has 3 atom stereocenters. The number of aromatic nitrogens is 1. The van der Waals surface area contributed by atoms with Gasteiger partial charge in [-0.05, 0) is 93.0 Å². The van der Waals surface area contributed by atoms with Crippen LogP contribution >= 0.6 is 0 Å². The van der Waals surface area contributed by atoms with E-state index >= 15 is 0 Å². The van der Waals surface area contributed by atoms with Crippen LogP contribution in [0.25, 0.3) is 5.57 Å². The monoisotopic (exact) mass is 733 g/mol. The Hall–Kier alpha value is -5.25. The predicted molar refractivity (Wildman–Crippen MR) is 207 cm³/mol. The Balaban J connectivity index is 1.20. The fraction of sp³-hybridized carbons (Fsp3) is 0.356. The summed E-state index contributed by atoms with van der Waals surface area (Å²) < 4.78 is 29.1. The number of phenols is 1. The van der Waals surface area contributed by atoms with E-state index in [2.05, 4.69) is 23.2 Å². The Labute approximate surface area is 318 Å². The van der Waals surface area contributed by atoms with Gasteiger partial charge in [-0.15, -0.1) is 0 Å². The second-order valence-electron chi connectivity index (χ2n) is 13.1. The quantitative estimate of drug-likeness (QED) is 0.0572. The standard InChI is InChI=1S/C45H51NO8/c1-3-50-42(48)22-9-5-7-16-37-32-53-45(54-44(37)40-20-11-12-21-41(40)47)35-17-13-15-33(29-35)31-52-38-26-24-34(25-27-38)39(36-18-14-28-46-30-36)19-8-6-10-23-43(49)51-4-2/h5,7,11-15,17-21,24-30,37,44-45,47H,3-4,6,8-10,16,22-23,31-32H2,1-2H3/b7-5-,39-19+/t37-,44+,45+/m1/s1. The molecule has 284 valence electrons. The minimum Gasteiger partial charge on any atom is -0.508 e. The zero-order valence-corrected chi connectivity index (χ0v) is 31.2. The number of hydrogen-bond donors (Lipinski definition) is 1. The van der Waals surface area contributed by atoms with E-state index in [1.165, 1.54) is 0 Å². The fourth-order valence-electron chi connectivity index (χ4n) is 6.37. The Morgan fingerprint density at radius 1 is 0.852 bits per heavy atom. The minimum absolute atomic E-state index is 0.0345. The lowest BCUT2D eigenvalue weighted by Gasteiger charge is -2.37. The zero-order chi connectivity index (χ0) is 38.0. The maximum absolute atomic E-state index is 11.7. The van der Waals surface area contributed by atoms with Crippen LogP contribution in [0.5, 0.6) is 11.5 Å². The maximum Gasteiger partial charge on any atom is 0.306 e. The number of pyridine rings is 1. The van der Waals surface area contributed by atoms with Gasteiger partial charge in [0.2, 0.25) is 0 Å². The normalized spacial score (nSPS) is 17.3. The number of ether oxygens (including phenoxy) is 5. The molecular formula is C45H51NO8. The molecule has 0 saturated carbocycles. The average molecular weight is 734 g/mol. The molecule has 0 aliphatic carbocycles. The summed E-state index contributed by atoms with van der Waals surface area (Å²) in [5.74, 6) is 0.536. The number of benzene rings is 3. The minimum atomic E-state index is -0.624. The summed E-state index contributed by atoms with van der Waals surface area (Å²) in [5, 5.41) is 10.7. The lowest BCUT2D eigenvalue weighted by Crippen LogP contribution is -2.30. The van der Waals surface area contributed by atoms with Gasteiger partial charge in [-0.2, -0.15) is 0 Å². The number of esters is 2. The first-order valence-corrected chi connectivity index (χ1v) is 18.9. The Morgan fingerprint density at radius 3 is 2.41 bits per heavy atom. The van der Waals surface area contributed by atoms with Crippen molar-refractivity contribution in [2.24, 2.45) is 5.92 Å². The largest absolute Gasteiger partial charge is 0.508 e. The molecule has 4 aromatic rings. The zero-order valence-electron chi connectivity index (χ0n) is 31.2. The predicted octanol–water partition coefficient (Wildman–Crippen LogP) is 9.61. The highest BCUT2D eigenvalue weighted by molar-refractivity contribution is 5.79. The van der Waals surface area contributed by atoms with E-state index in [9.17, 15) is 14.7 Å². The van der Waals surface area contributed by atoms with E-state index in [-0.39, 0.29) is 23.6 Å². The van der Waals surface area contributed by atoms with Gasteiger partial charge in [0, 0.05) is 47.8 Å². The molecule has 1 fully saturated rings. The molecule has 5 rings (SSSR count). The van der Waals surface area contributed by atoms with Gasteiger partial charge in [-0.25, -0.2) is 0 Å². The van der Waals surface area contributed by atoms with Crippen molar-refractivity contribution in [2.45, 2.75) is 77.8 Å². The summed E-state index contributed by atoms with van der Waals surface area (Å²) in [6.45, 7) is 5.20. The third-order valence-corrected chi connectivity index (χ3v) is 9.08. The van der Waals surface area contributed by atoms with Crippen LogP contribution in [0.2, 0.25) is 0 Å². The van der Waals surface area contributed by atoms with Crippen LogP contribution in [0.15, 0.2) is 116 Å². The van der Waals surface area contributed by atoms with Crippen LogP contribution in [0.3, 0.4) is 0 Å². The van der Waals surface area contributed by atoms with Crippen LogP contribution in [0.4, 0.5) is 0 Å². The number of carbonyl (C=O) groups excluding carboxylic acids is 2. The third kappa shape index (κ3) is 12.1. The lowest BCUT2D eigenvalue weighted by atomic mass is 9.91. The van der Waals surface area contributed by atoms with Gasteiger partial charge in [-0.3, -0.25) is 14.6 Å². The molecular weight excluding hydrogens is 682 g/mol. The first kappa shape index (κ1) is 39.9. The molecule has 1 saturated heterocycles. The van der Waals surface area contributed by atoms with Gasteiger partial charge in [0.25, 0.3) is 0 Å². The first-order chi connectivity index (χ1) is 26.4. The molecule has 0 amide bonds. The smallest absolute Gasteiger partial charge is 0.306 e. The van der Waals surface area contributed by atoms with Crippen molar-refractivity contribution < 1.29 is 38.4 Å². The van der Waals surface area contributed by atoms with Gasteiger partial charge in [-0.1, -0.05) is 72.8 Å². The summed E-state index contributed by atoms with van der Waals surface area (Å²) in [7, 11) is 0. The molecule has 2 heterocycles. The molecule has 0 spiro atoms. The number of hydrogen-bond acceptors (Lipinski definition) is 9. The summed E-state index contributed by atoms with van der Waals surface area (Å²) in [4.78, 5) is 27.7. The number of rotatable bonds is 19. The highest BCUT2D eigenvalue weighted by Gasteiger charge is 2.34. The van der Waals surface area contributed by atoms with Crippen LogP contribution in [-0.4, -0.2) is 41.8 Å². The van der Waals surface area contributed by atoms with Crippen molar-refractivity contribution in [3.8, 4) is 11.5 Å². The SMILES string of the molecule is CCOC(=O)CC/C=C\C[C@@H]1CO[C@H](c2cccc(COc3ccc(/C(=C\CCCCC(=O)OCC)c4cccnc4)cc3)c2)O[C@@H]1c1ccccc1O. The molecule has 9 heteroatoms. The number of nitrogens with zero attached hydrogens (tertiary/aromatic N) is 1. The number of phenolic OH excluding ortho intramolecular Hbond substituents is 1. The highest BCUT2D eigenvalue weighted by Crippen LogP contribution is 2.42. The van der Waals surface area contributed by atoms with E-state index in [0.717, 1.165) is 52.8 Å². The molecule has 9 nitrogen and oxygen atoms in total. The van der Waals surface area contributed by atoms with Crippen LogP contribution < -0.4 is 4.74 Å². The number of aromatic hydroxyl groups is 1. The highest BCUT2D eigenvalue weighted by atomic mass is 16.7. The Bertz CT molecular complexity index is 1820. The molecule has 0 bridgehead atoms. The number of allylic oxidation sites excluding steroid dienone is 3. The summed E-state index contributed by atoms with van der Waals surface area (Å²) in [5.41, 5.74) is 5.71. The summed E-state index contributed by atoms with van der Waals surface area (Å²) in [6, 6.07) is 27.3. The third-order valence-electron chi connectivity index (χ3n) is 9.08. The van der Waals surface area contributed by atoms with Gasteiger partial charge in [0.05, 0.1) is 25.9 Å². The van der Waals surface area contributed by atoms with E-state index in [1.807, 2.05) is 85.9 Å². The van der Waals surface area contributed by atoms with Crippen molar-refractivity contribution in [1.82, 2.24) is 4.98 Å². The number of para-hydroxylation sites is 1. The number of carbonyl (C=O) groups is 2. The van der Waals surface area contributed by atoms with Crippen molar-refractivity contribution >= 4 is 17.5 Å². The molecule has 1 aliphatic rings. The van der Waals surface area contributed by atoms with Crippen LogP contribution in [-0.2, 0) is 35.1 Å². The molecule has 1 aromatic heterocycles. The second kappa shape index (κ2) is 21.5. The molecule has 3 aromatic carbocycles. The van der Waals surface area contributed by atoms with E-state index < -0.39 is 12.4 Å². The van der Waals surface area contributed by atoms with Gasteiger partial charge >= 0.3 is 11.9 Å². The van der Waals surface area contributed by atoms with E-state index in [0.29, 0.717) is 57.7 Å². The number of unbranched alkanes of at least 4 members (excludes halogenated alkanes) is 2. The molecule has 0 radical (unpaired) electrons. The maximum atomic E-state index is 11.7. The molecule has 1 N–H and O–H groups in total. The fourth-order valence-corrected chi connectivity index (χ4v) is 6.37. The van der Waals surface area contributed by atoms with Gasteiger partial charge < -0.3 is 28.8 Å². The van der Waals surface area contributed by atoms with Crippen molar-refractivity contribution in [1.29, 1.82) is 0 Å². The topological polar surface area (TPSA) is 113 Å². The molecule has 0 unspecified atom stereocenters. The Morgan fingerprint density at radius 2 is 1.65 bits per heavy atom. The van der Waals surface area contributed by atoms with Crippen molar-refractivity contribution in [3.05, 3.63) is 143 Å². The lowest BCUT2D eigenvalue weighted by molar-refractivity contribution is -0.244. The summed E-state index contributed by atoms with van der Waals surface area (Å²) in [6.07, 6.45) is 13.4. The first-order valence-electron chi connectivity index (χ1n) is 18.9. The van der Waals surface area contributed by atoms with E-state index in [4.69, 9.17) is 23.7 Å². The van der Waals surface area contributed by atoms with Crippen molar-refractivity contribution in [3.63, 3.8) is 0 Å². The van der Waals surface area contributed by atoms with Gasteiger partial charge in [0.1, 0.15) is 18.1 Å². The molecule has 54 heavy (non-hydrogen) atoms.